The van der Waals surface area contributed by atoms with E-state index in [-0.39, 0.29) is 29.3 Å². The molecule has 0 unspecified atom stereocenters. The predicted octanol–water partition coefficient (Wildman–Crippen LogP) is 1.77. The highest BCUT2D eigenvalue weighted by Crippen LogP contribution is 2.26. The van der Waals surface area contributed by atoms with E-state index in [1.54, 1.807) is 29.2 Å². The second-order valence-corrected chi connectivity index (χ2v) is 8.82. The van der Waals surface area contributed by atoms with Crippen molar-refractivity contribution in [2.75, 3.05) is 32.1 Å². The van der Waals surface area contributed by atoms with Crippen molar-refractivity contribution in [2.24, 2.45) is 5.92 Å². The smallest absolute Gasteiger partial charge is 0.223 e. The molecule has 2 saturated heterocycles. The number of benzene rings is 1. The molecule has 25 heavy (non-hydrogen) atoms. The number of carbonyl (C=O) groups is 1. The van der Waals surface area contributed by atoms with Crippen LogP contribution < -0.4 is 0 Å². The quantitative estimate of drug-likeness (QED) is 0.793. The average Bonchev–Trinajstić information content (AvgIpc) is 3.15. The third-order valence-electron chi connectivity index (χ3n) is 4.89. The SMILES string of the molecule is Cc1ccc(S(=O)(=O)CCC(=O)N2CCC(C3OCCO3)CC2)cc1. The second kappa shape index (κ2) is 7.85. The van der Waals surface area contributed by atoms with E-state index >= 15 is 0 Å². The Labute approximate surface area is 149 Å². The fourth-order valence-corrected chi connectivity index (χ4v) is 4.54. The molecule has 0 aromatic heterocycles. The number of aryl methyl sites for hydroxylation is 1. The first kappa shape index (κ1) is 18.4. The first-order valence-corrected chi connectivity index (χ1v) is 10.4. The van der Waals surface area contributed by atoms with Gasteiger partial charge in [0.2, 0.25) is 5.91 Å². The van der Waals surface area contributed by atoms with Gasteiger partial charge in [0.25, 0.3) is 0 Å². The number of carbonyl (C=O) groups excluding carboxylic acids is 1. The maximum absolute atomic E-state index is 12.4. The number of likely N-dealkylation sites (tertiary alicyclic amines) is 1. The van der Waals surface area contributed by atoms with Crippen molar-refractivity contribution < 1.29 is 22.7 Å². The summed E-state index contributed by atoms with van der Waals surface area (Å²) in [6.45, 7) is 4.46. The number of rotatable bonds is 5. The van der Waals surface area contributed by atoms with Gasteiger partial charge < -0.3 is 14.4 Å². The van der Waals surface area contributed by atoms with Gasteiger partial charge in [0.15, 0.2) is 16.1 Å². The van der Waals surface area contributed by atoms with E-state index in [1.807, 2.05) is 6.92 Å². The lowest BCUT2D eigenvalue weighted by Gasteiger charge is -2.33. The summed E-state index contributed by atoms with van der Waals surface area (Å²) < 4.78 is 35.8. The van der Waals surface area contributed by atoms with Gasteiger partial charge in [-0.1, -0.05) is 17.7 Å². The van der Waals surface area contributed by atoms with Gasteiger partial charge in [-0.15, -0.1) is 0 Å². The van der Waals surface area contributed by atoms with Crippen LogP contribution in [-0.4, -0.2) is 57.6 Å². The number of piperidine rings is 1. The third-order valence-corrected chi connectivity index (χ3v) is 6.62. The second-order valence-electron chi connectivity index (χ2n) is 6.71. The molecule has 6 nitrogen and oxygen atoms in total. The minimum atomic E-state index is -3.42. The van der Waals surface area contributed by atoms with E-state index in [0.717, 1.165) is 18.4 Å². The van der Waals surface area contributed by atoms with Crippen molar-refractivity contribution in [2.45, 2.75) is 37.4 Å². The molecule has 1 aromatic rings. The summed E-state index contributed by atoms with van der Waals surface area (Å²) >= 11 is 0. The van der Waals surface area contributed by atoms with Gasteiger partial charge in [-0.05, 0) is 31.9 Å². The molecule has 1 aromatic carbocycles. The van der Waals surface area contributed by atoms with Crippen molar-refractivity contribution in [1.29, 1.82) is 0 Å². The number of ether oxygens (including phenoxy) is 2. The van der Waals surface area contributed by atoms with Gasteiger partial charge in [0.1, 0.15) is 0 Å². The van der Waals surface area contributed by atoms with Crippen LogP contribution in [0.15, 0.2) is 29.2 Å². The summed E-state index contributed by atoms with van der Waals surface area (Å²) in [6, 6.07) is 6.74. The largest absolute Gasteiger partial charge is 0.350 e. The maximum Gasteiger partial charge on any atom is 0.223 e. The summed E-state index contributed by atoms with van der Waals surface area (Å²) in [5.41, 5.74) is 1.01. The van der Waals surface area contributed by atoms with E-state index < -0.39 is 9.84 Å². The lowest BCUT2D eigenvalue weighted by atomic mass is 9.96. The Hall–Kier alpha value is -1.44. The Morgan fingerprint density at radius 2 is 1.72 bits per heavy atom. The molecule has 0 N–H and O–H groups in total. The molecule has 0 radical (unpaired) electrons. The van der Waals surface area contributed by atoms with Gasteiger partial charge in [-0.3, -0.25) is 4.79 Å². The molecule has 2 fully saturated rings. The van der Waals surface area contributed by atoms with Crippen molar-refractivity contribution in [3.05, 3.63) is 29.8 Å². The fraction of sp³-hybridized carbons (Fsp3) is 0.611. The number of hydrogen-bond donors (Lipinski definition) is 0. The summed E-state index contributed by atoms with van der Waals surface area (Å²) in [6.07, 6.45) is 1.55. The van der Waals surface area contributed by atoms with Gasteiger partial charge in [-0.25, -0.2) is 8.42 Å². The molecular formula is C18H25NO5S. The lowest BCUT2D eigenvalue weighted by molar-refractivity contribution is -0.136. The van der Waals surface area contributed by atoms with Crippen LogP contribution in [-0.2, 0) is 24.1 Å². The predicted molar refractivity (Wildman–Crippen MR) is 92.8 cm³/mol. The Balaban J connectivity index is 1.48. The van der Waals surface area contributed by atoms with Crippen LogP contribution in [0.1, 0.15) is 24.8 Å². The zero-order valence-corrected chi connectivity index (χ0v) is 15.3. The van der Waals surface area contributed by atoms with Crippen molar-refractivity contribution >= 4 is 15.7 Å². The van der Waals surface area contributed by atoms with Crippen molar-refractivity contribution in [1.82, 2.24) is 4.90 Å². The molecule has 2 aliphatic rings. The van der Waals surface area contributed by atoms with Gasteiger partial charge >= 0.3 is 0 Å². The summed E-state index contributed by atoms with van der Waals surface area (Å²) in [4.78, 5) is 14.4. The highest BCUT2D eigenvalue weighted by molar-refractivity contribution is 7.91. The molecule has 1 amide bonds. The number of amides is 1. The Morgan fingerprint density at radius 3 is 2.32 bits per heavy atom. The first-order valence-electron chi connectivity index (χ1n) is 8.76. The highest BCUT2D eigenvalue weighted by Gasteiger charge is 2.32. The van der Waals surface area contributed by atoms with Crippen LogP contribution in [0, 0.1) is 12.8 Å². The normalized spacial score (nSPS) is 20.1. The molecule has 138 valence electrons. The van der Waals surface area contributed by atoms with E-state index in [9.17, 15) is 13.2 Å². The summed E-state index contributed by atoms with van der Waals surface area (Å²) in [5.74, 6) is 0.0779. The molecular weight excluding hydrogens is 342 g/mol. The van der Waals surface area contributed by atoms with Crippen molar-refractivity contribution in [3.63, 3.8) is 0 Å². The standard InChI is InChI=1S/C18H25NO5S/c1-14-2-4-16(5-3-14)25(21,22)13-8-17(20)19-9-6-15(7-10-19)18-23-11-12-24-18/h2-5,15,18H,6-13H2,1H3. The average molecular weight is 367 g/mol. The molecule has 7 heteroatoms. The maximum atomic E-state index is 12.4. The van der Waals surface area contributed by atoms with Crippen LogP contribution in [0.2, 0.25) is 0 Å². The van der Waals surface area contributed by atoms with Crippen LogP contribution >= 0.6 is 0 Å². The topological polar surface area (TPSA) is 72.9 Å². The molecule has 2 heterocycles. The molecule has 3 rings (SSSR count). The van der Waals surface area contributed by atoms with Crippen LogP contribution in [0.25, 0.3) is 0 Å². The fourth-order valence-electron chi connectivity index (χ4n) is 3.31. The Kier molecular flexibility index (Phi) is 5.76. The number of nitrogens with zero attached hydrogens (tertiary/aromatic N) is 1. The minimum Gasteiger partial charge on any atom is -0.350 e. The third kappa shape index (κ3) is 4.59. The molecule has 0 spiro atoms. The van der Waals surface area contributed by atoms with Crippen LogP contribution in [0.4, 0.5) is 0 Å². The van der Waals surface area contributed by atoms with Crippen LogP contribution in [0.5, 0.6) is 0 Å². The molecule has 0 aliphatic carbocycles. The van der Waals surface area contributed by atoms with E-state index in [0.29, 0.717) is 32.2 Å². The molecule has 0 bridgehead atoms. The van der Waals surface area contributed by atoms with E-state index in [2.05, 4.69) is 0 Å². The van der Waals surface area contributed by atoms with E-state index in [1.165, 1.54) is 0 Å². The monoisotopic (exact) mass is 367 g/mol. The van der Waals surface area contributed by atoms with Gasteiger partial charge in [-0.2, -0.15) is 0 Å². The lowest BCUT2D eigenvalue weighted by Crippen LogP contribution is -2.41. The van der Waals surface area contributed by atoms with E-state index in [4.69, 9.17) is 9.47 Å². The van der Waals surface area contributed by atoms with Crippen molar-refractivity contribution in [3.8, 4) is 0 Å². The highest BCUT2D eigenvalue weighted by atomic mass is 32.2. The minimum absolute atomic E-state index is 0.0251. The zero-order chi connectivity index (χ0) is 17.9. The molecule has 2 aliphatic heterocycles. The van der Waals surface area contributed by atoms with Crippen LogP contribution in [0.3, 0.4) is 0 Å². The number of sulfone groups is 1. The van der Waals surface area contributed by atoms with Gasteiger partial charge in [0, 0.05) is 25.4 Å². The molecule has 0 atom stereocenters. The zero-order valence-electron chi connectivity index (χ0n) is 14.5. The summed E-state index contributed by atoms with van der Waals surface area (Å²) in [5, 5.41) is 0. The number of hydrogen-bond acceptors (Lipinski definition) is 5. The first-order chi connectivity index (χ1) is 12.0. The Morgan fingerprint density at radius 1 is 1.12 bits per heavy atom. The molecule has 0 saturated carbocycles. The summed E-state index contributed by atoms with van der Waals surface area (Å²) in [7, 11) is -3.42. The van der Waals surface area contributed by atoms with Gasteiger partial charge in [0.05, 0.1) is 23.9 Å². The Bertz CT molecular complexity index is 687.